The summed E-state index contributed by atoms with van der Waals surface area (Å²) in [6.07, 6.45) is -0.201. The van der Waals surface area contributed by atoms with Crippen molar-refractivity contribution in [2.24, 2.45) is 5.41 Å². The van der Waals surface area contributed by atoms with Gasteiger partial charge in [0.15, 0.2) is 0 Å². The Bertz CT molecular complexity index is 229. The van der Waals surface area contributed by atoms with Gasteiger partial charge in [-0.1, -0.05) is 13.8 Å². The number of phosphoric ester groups is 1. The molecule has 3 N–H and O–H groups in total. The molecule has 0 aromatic rings. The Labute approximate surface area is 75.8 Å². The van der Waals surface area contributed by atoms with Crippen LogP contribution < -0.4 is 0 Å². The fourth-order valence-corrected chi connectivity index (χ4v) is 1.24. The second-order valence-electron chi connectivity index (χ2n) is 3.50. The summed E-state index contributed by atoms with van der Waals surface area (Å²) in [6.45, 7) is 2.82. The van der Waals surface area contributed by atoms with E-state index in [9.17, 15) is 9.36 Å². The van der Waals surface area contributed by atoms with E-state index in [4.69, 9.17) is 14.9 Å². The standard InChI is InChI=1S/C6H13O6P/c1-6(2,3-5(7)8)4-12-13(9,10)11/h3-4H2,1-2H3,(H,7,8)(H2,9,10,11). The minimum atomic E-state index is -4.50. The highest BCUT2D eigenvalue weighted by Gasteiger charge is 2.26. The zero-order valence-corrected chi connectivity index (χ0v) is 8.32. The van der Waals surface area contributed by atoms with Crippen molar-refractivity contribution in [2.45, 2.75) is 20.3 Å². The molecule has 0 aromatic heterocycles. The summed E-state index contributed by atoms with van der Waals surface area (Å²) in [5.41, 5.74) is -0.785. The monoisotopic (exact) mass is 212 g/mol. The van der Waals surface area contributed by atoms with Gasteiger partial charge in [-0.25, -0.2) is 4.57 Å². The Kier molecular flexibility index (Phi) is 4.06. The van der Waals surface area contributed by atoms with E-state index in [1.165, 1.54) is 0 Å². The van der Waals surface area contributed by atoms with Crippen molar-refractivity contribution in [3.05, 3.63) is 0 Å². The molecule has 0 unspecified atom stereocenters. The third kappa shape index (κ3) is 7.93. The number of hydrogen-bond donors (Lipinski definition) is 3. The van der Waals surface area contributed by atoms with Gasteiger partial charge in [-0.2, -0.15) is 0 Å². The highest BCUT2D eigenvalue weighted by molar-refractivity contribution is 7.46. The van der Waals surface area contributed by atoms with E-state index < -0.39 is 19.2 Å². The van der Waals surface area contributed by atoms with E-state index in [-0.39, 0.29) is 13.0 Å². The Morgan fingerprint density at radius 1 is 1.46 bits per heavy atom. The molecule has 0 rings (SSSR count). The van der Waals surface area contributed by atoms with Crippen molar-refractivity contribution >= 4 is 13.8 Å². The molecule has 0 heterocycles. The molecule has 7 heteroatoms. The summed E-state index contributed by atoms with van der Waals surface area (Å²) in [4.78, 5) is 27.0. The maximum absolute atomic E-state index is 10.3. The third-order valence-corrected chi connectivity index (χ3v) is 1.72. The molecule has 0 atom stereocenters. The van der Waals surface area contributed by atoms with E-state index in [1.807, 2.05) is 0 Å². The lowest BCUT2D eigenvalue weighted by molar-refractivity contribution is -0.139. The molecule has 0 aliphatic heterocycles. The summed E-state index contributed by atoms with van der Waals surface area (Å²) >= 11 is 0. The summed E-state index contributed by atoms with van der Waals surface area (Å²) in [7, 11) is -4.50. The van der Waals surface area contributed by atoms with Crippen LogP contribution in [-0.4, -0.2) is 27.5 Å². The van der Waals surface area contributed by atoms with Gasteiger partial charge in [0.25, 0.3) is 0 Å². The first-order chi connectivity index (χ1) is 5.62. The molecule has 13 heavy (non-hydrogen) atoms. The van der Waals surface area contributed by atoms with Gasteiger partial charge in [0.1, 0.15) is 0 Å². The van der Waals surface area contributed by atoms with Crippen molar-refractivity contribution < 1.29 is 28.8 Å². The third-order valence-electron chi connectivity index (χ3n) is 1.25. The van der Waals surface area contributed by atoms with Crippen LogP contribution in [0.15, 0.2) is 0 Å². The van der Waals surface area contributed by atoms with E-state index in [0.29, 0.717) is 0 Å². The molecular formula is C6H13O6P. The summed E-state index contributed by atoms with van der Waals surface area (Å²) in [5, 5.41) is 8.43. The van der Waals surface area contributed by atoms with Crippen LogP contribution in [0.4, 0.5) is 0 Å². The first-order valence-electron chi connectivity index (χ1n) is 3.54. The molecule has 0 aliphatic carbocycles. The highest BCUT2D eigenvalue weighted by atomic mass is 31.2. The van der Waals surface area contributed by atoms with E-state index >= 15 is 0 Å². The normalized spacial score (nSPS) is 12.9. The SMILES string of the molecule is CC(C)(COP(=O)(O)O)CC(=O)O. The minimum Gasteiger partial charge on any atom is -0.481 e. The zero-order chi connectivity index (χ0) is 10.7. The number of carboxylic acids is 1. The first kappa shape index (κ1) is 12.6. The Morgan fingerprint density at radius 2 is 1.92 bits per heavy atom. The topological polar surface area (TPSA) is 104 Å². The van der Waals surface area contributed by atoms with Gasteiger partial charge in [-0.3, -0.25) is 9.32 Å². The molecule has 0 amide bonds. The molecule has 0 saturated heterocycles. The summed E-state index contributed by atoms with van der Waals surface area (Å²) in [5.74, 6) is -1.03. The number of hydrogen-bond acceptors (Lipinski definition) is 3. The highest BCUT2D eigenvalue weighted by Crippen LogP contribution is 2.38. The van der Waals surface area contributed by atoms with Crippen LogP contribution in [0.3, 0.4) is 0 Å². The molecule has 0 bridgehead atoms. The zero-order valence-electron chi connectivity index (χ0n) is 7.43. The van der Waals surface area contributed by atoms with Gasteiger partial charge in [0.05, 0.1) is 13.0 Å². The second kappa shape index (κ2) is 4.19. The van der Waals surface area contributed by atoms with Crippen molar-refractivity contribution in [1.82, 2.24) is 0 Å². The van der Waals surface area contributed by atoms with Gasteiger partial charge < -0.3 is 14.9 Å². The van der Waals surface area contributed by atoms with Crippen molar-refractivity contribution in [3.8, 4) is 0 Å². The van der Waals surface area contributed by atoms with Crippen LogP contribution in [0.5, 0.6) is 0 Å². The molecule has 0 radical (unpaired) electrons. The molecular weight excluding hydrogens is 199 g/mol. The maximum atomic E-state index is 10.3. The van der Waals surface area contributed by atoms with Crippen molar-refractivity contribution in [1.29, 1.82) is 0 Å². The molecule has 0 spiro atoms. The number of carboxylic acid groups (broad SMARTS) is 1. The molecule has 6 nitrogen and oxygen atoms in total. The molecule has 0 aliphatic rings. The van der Waals surface area contributed by atoms with Crippen LogP contribution in [0.1, 0.15) is 20.3 Å². The molecule has 0 aromatic carbocycles. The number of phosphoric acid groups is 1. The average molecular weight is 212 g/mol. The fraction of sp³-hybridized carbons (Fsp3) is 0.833. The maximum Gasteiger partial charge on any atom is 0.469 e. The lowest BCUT2D eigenvalue weighted by Crippen LogP contribution is -2.22. The fourth-order valence-electron chi connectivity index (χ4n) is 0.719. The van der Waals surface area contributed by atoms with Crippen LogP contribution in [0, 0.1) is 5.41 Å². The summed E-state index contributed by atoms with van der Waals surface area (Å²) < 4.78 is 14.5. The van der Waals surface area contributed by atoms with Crippen molar-refractivity contribution in [2.75, 3.05) is 6.61 Å². The second-order valence-corrected chi connectivity index (χ2v) is 4.74. The lowest BCUT2D eigenvalue weighted by Gasteiger charge is -2.21. The number of aliphatic carboxylic acids is 1. The van der Waals surface area contributed by atoms with Crippen molar-refractivity contribution in [3.63, 3.8) is 0 Å². The van der Waals surface area contributed by atoms with Gasteiger partial charge >= 0.3 is 13.8 Å². The van der Waals surface area contributed by atoms with Gasteiger partial charge in [-0.05, 0) is 5.41 Å². The van der Waals surface area contributed by atoms with Gasteiger partial charge in [-0.15, -0.1) is 0 Å². The average Bonchev–Trinajstić information content (AvgIpc) is 1.79. The van der Waals surface area contributed by atoms with Crippen LogP contribution in [-0.2, 0) is 13.9 Å². The molecule has 78 valence electrons. The molecule has 0 saturated carbocycles. The number of carbonyl (C=O) groups is 1. The van der Waals surface area contributed by atoms with Crippen LogP contribution in [0.2, 0.25) is 0 Å². The van der Waals surface area contributed by atoms with Gasteiger partial charge in [0, 0.05) is 0 Å². The van der Waals surface area contributed by atoms with E-state index in [2.05, 4.69) is 4.52 Å². The molecule has 0 fully saturated rings. The van der Waals surface area contributed by atoms with Crippen LogP contribution >= 0.6 is 7.82 Å². The van der Waals surface area contributed by atoms with Crippen LogP contribution in [0.25, 0.3) is 0 Å². The first-order valence-corrected chi connectivity index (χ1v) is 5.07. The Balaban J connectivity index is 4.03. The largest absolute Gasteiger partial charge is 0.481 e. The van der Waals surface area contributed by atoms with E-state index in [0.717, 1.165) is 0 Å². The minimum absolute atomic E-state index is 0.201. The predicted octanol–water partition coefficient (Wildman–Crippen LogP) is 0.597. The smallest absolute Gasteiger partial charge is 0.469 e. The number of rotatable bonds is 5. The predicted molar refractivity (Wildman–Crippen MR) is 44.0 cm³/mol. The summed E-state index contributed by atoms with van der Waals surface area (Å²) in [6, 6.07) is 0. The Hall–Kier alpha value is -0.420. The van der Waals surface area contributed by atoms with E-state index in [1.54, 1.807) is 13.8 Å². The Morgan fingerprint density at radius 3 is 2.23 bits per heavy atom. The lowest BCUT2D eigenvalue weighted by atomic mass is 9.91. The quantitative estimate of drug-likeness (QED) is 0.576. The van der Waals surface area contributed by atoms with Gasteiger partial charge in [0.2, 0.25) is 0 Å².